The molecule has 1 amide bonds. The Morgan fingerprint density at radius 1 is 0.963 bits per heavy atom. The monoisotopic (exact) mass is 412 g/mol. The Labute approximate surface area is 163 Å². The van der Waals surface area contributed by atoms with Gasteiger partial charge in [-0.1, -0.05) is 11.6 Å². The van der Waals surface area contributed by atoms with Crippen molar-refractivity contribution in [2.24, 2.45) is 0 Å². The number of carbonyl (C=O) groups is 1. The molecule has 0 heterocycles. The highest BCUT2D eigenvalue weighted by Crippen LogP contribution is 2.16. The number of carbonyl (C=O) groups excluding carboxylic acids is 1. The smallest absolute Gasteiger partial charge is 0.257 e. The van der Waals surface area contributed by atoms with Gasteiger partial charge in [0, 0.05) is 18.1 Å². The zero-order valence-electron chi connectivity index (χ0n) is 14.8. The van der Waals surface area contributed by atoms with E-state index in [1.807, 2.05) is 6.92 Å². The Hall–Kier alpha value is -2.29. The molecule has 146 valence electrons. The van der Waals surface area contributed by atoms with Crippen molar-refractivity contribution in [1.82, 2.24) is 10.0 Å². The van der Waals surface area contributed by atoms with E-state index in [4.69, 9.17) is 21.1 Å². The summed E-state index contributed by atoms with van der Waals surface area (Å²) in [5.41, 5.74) is 0. The molecule has 2 N–H and O–H groups in total. The topological polar surface area (TPSA) is 93.7 Å². The Morgan fingerprint density at radius 2 is 1.56 bits per heavy atom. The van der Waals surface area contributed by atoms with Gasteiger partial charge in [-0.3, -0.25) is 4.79 Å². The lowest BCUT2D eigenvalue weighted by Gasteiger charge is -2.10. The largest absolute Gasteiger partial charge is 0.494 e. The summed E-state index contributed by atoms with van der Waals surface area (Å²) in [5.74, 6) is 0.764. The van der Waals surface area contributed by atoms with Gasteiger partial charge in [-0.2, -0.15) is 0 Å². The molecule has 0 radical (unpaired) electrons. The number of ether oxygens (including phenoxy) is 2. The van der Waals surface area contributed by atoms with Crippen molar-refractivity contribution in [3.05, 3.63) is 53.6 Å². The number of benzene rings is 2. The van der Waals surface area contributed by atoms with Gasteiger partial charge in [0.25, 0.3) is 5.91 Å². The van der Waals surface area contributed by atoms with Gasteiger partial charge in [-0.15, -0.1) is 0 Å². The van der Waals surface area contributed by atoms with Crippen LogP contribution in [0.4, 0.5) is 0 Å². The molecule has 27 heavy (non-hydrogen) atoms. The Kier molecular flexibility index (Phi) is 7.90. The second-order valence-corrected chi connectivity index (χ2v) is 7.60. The summed E-state index contributed by atoms with van der Waals surface area (Å²) in [6.45, 7) is 2.38. The maximum absolute atomic E-state index is 12.2. The van der Waals surface area contributed by atoms with Crippen molar-refractivity contribution in [3.63, 3.8) is 0 Å². The molecule has 0 aliphatic rings. The standard InChI is InChI=1S/C18H21ClN2O5S/c1-2-25-15-7-9-17(10-8-15)27(23,24)21-12-11-20-18(22)13-26-16-5-3-14(19)4-6-16/h3-10,21H,2,11-13H2,1H3,(H,20,22). The van der Waals surface area contributed by atoms with Crippen LogP contribution in [0.15, 0.2) is 53.4 Å². The highest BCUT2D eigenvalue weighted by Gasteiger charge is 2.13. The van der Waals surface area contributed by atoms with Crippen LogP contribution in [0.5, 0.6) is 11.5 Å². The minimum absolute atomic E-state index is 0.0578. The lowest BCUT2D eigenvalue weighted by molar-refractivity contribution is -0.123. The predicted octanol–water partition coefficient (Wildman–Crippen LogP) is 2.21. The van der Waals surface area contributed by atoms with E-state index in [9.17, 15) is 13.2 Å². The van der Waals surface area contributed by atoms with Gasteiger partial charge in [-0.25, -0.2) is 13.1 Å². The lowest BCUT2D eigenvalue weighted by atomic mass is 10.3. The molecular weight excluding hydrogens is 392 g/mol. The third kappa shape index (κ3) is 7.09. The summed E-state index contributed by atoms with van der Waals surface area (Å²) in [4.78, 5) is 11.9. The maximum atomic E-state index is 12.2. The zero-order valence-corrected chi connectivity index (χ0v) is 16.3. The van der Waals surface area contributed by atoms with Crippen LogP contribution in [-0.4, -0.2) is 40.6 Å². The van der Waals surface area contributed by atoms with Crippen LogP contribution in [0.3, 0.4) is 0 Å². The molecule has 0 atom stereocenters. The van der Waals surface area contributed by atoms with Crippen LogP contribution < -0.4 is 19.5 Å². The van der Waals surface area contributed by atoms with Crippen LogP contribution in [-0.2, 0) is 14.8 Å². The van der Waals surface area contributed by atoms with Crippen molar-refractivity contribution in [1.29, 1.82) is 0 Å². The first-order valence-electron chi connectivity index (χ1n) is 8.28. The van der Waals surface area contributed by atoms with Crippen LogP contribution >= 0.6 is 11.6 Å². The molecule has 2 rings (SSSR count). The minimum atomic E-state index is -3.65. The molecule has 2 aromatic rings. The van der Waals surface area contributed by atoms with E-state index in [-0.39, 0.29) is 30.5 Å². The van der Waals surface area contributed by atoms with Crippen molar-refractivity contribution < 1.29 is 22.7 Å². The fourth-order valence-electron chi connectivity index (χ4n) is 2.08. The minimum Gasteiger partial charge on any atom is -0.494 e. The number of amides is 1. The number of hydrogen-bond acceptors (Lipinski definition) is 5. The molecule has 9 heteroatoms. The van der Waals surface area contributed by atoms with E-state index in [2.05, 4.69) is 10.0 Å². The van der Waals surface area contributed by atoms with Gasteiger partial charge in [0.15, 0.2) is 6.61 Å². The number of sulfonamides is 1. The van der Waals surface area contributed by atoms with E-state index >= 15 is 0 Å². The van der Waals surface area contributed by atoms with Crippen LogP contribution in [0, 0.1) is 0 Å². The molecule has 0 aliphatic heterocycles. The third-order valence-corrected chi connectivity index (χ3v) is 5.10. The summed E-state index contributed by atoms with van der Waals surface area (Å²) in [6, 6.07) is 12.7. The number of rotatable bonds is 10. The second kappa shape index (κ2) is 10.1. The first-order chi connectivity index (χ1) is 12.9. The van der Waals surface area contributed by atoms with E-state index in [1.165, 1.54) is 12.1 Å². The molecule has 0 saturated carbocycles. The molecule has 0 saturated heterocycles. The Balaban J connectivity index is 1.71. The number of nitrogens with one attached hydrogen (secondary N) is 2. The summed E-state index contributed by atoms with van der Waals surface area (Å²) in [7, 11) is -3.65. The Morgan fingerprint density at radius 3 is 2.19 bits per heavy atom. The molecule has 0 aliphatic carbocycles. The highest BCUT2D eigenvalue weighted by atomic mass is 35.5. The van der Waals surface area contributed by atoms with E-state index in [0.717, 1.165) is 0 Å². The molecule has 0 spiro atoms. The zero-order chi connectivity index (χ0) is 19.7. The molecular formula is C18H21ClN2O5S. The summed E-state index contributed by atoms with van der Waals surface area (Å²) < 4.78 is 37.4. The van der Waals surface area contributed by atoms with E-state index < -0.39 is 10.0 Å². The van der Waals surface area contributed by atoms with Gasteiger partial charge < -0.3 is 14.8 Å². The fourth-order valence-corrected chi connectivity index (χ4v) is 3.24. The molecule has 2 aromatic carbocycles. The second-order valence-electron chi connectivity index (χ2n) is 5.39. The van der Waals surface area contributed by atoms with Crippen molar-refractivity contribution in [2.75, 3.05) is 26.3 Å². The maximum Gasteiger partial charge on any atom is 0.257 e. The quantitative estimate of drug-likeness (QED) is 0.583. The average molecular weight is 413 g/mol. The number of hydrogen-bond donors (Lipinski definition) is 2. The van der Waals surface area contributed by atoms with Gasteiger partial charge in [-0.05, 0) is 55.5 Å². The van der Waals surface area contributed by atoms with Crippen molar-refractivity contribution in [2.45, 2.75) is 11.8 Å². The SMILES string of the molecule is CCOc1ccc(S(=O)(=O)NCCNC(=O)COc2ccc(Cl)cc2)cc1. The van der Waals surface area contributed by atoms with Crippen LogP contribution in [0.1, 0.15) is 6.92 Å². The summed E-state index contributed by atoms with van der Waals surface area (Å²) in [5, 5.41) is 3.15. The van der Waals surface area contributed by atoms with E-state index in [0.29, 0.717) is 23.1 Å². The normalized spacial score (nSPS) is 11.0. The highest BCUT2D eigenvalue weighted by molar-refractivity contribution is 7.89. The Bertz CT molecular complexity index is 839. The first kappa shape index (κ1) is 21.0. The molecule has 7 nitrogen and oxygen atoms in total. The molecule has 0 fully saturated rings. The van der Waals surface area contributed by atoms with Gasteiger partial charge in [0.2, 0.25) is 10.0 Å². The lowest BCUT2D eigenvalue weighted by Crippen LogP contribution is -2.36. The van der Waals surface area contributed by atoms with Gasteiger partial charge >= 0.3 is 0 Å². The average Bonchev–Trinajstić information content (AvgIpc) is 2.65. The van der Waals surface area contributed by atoms with Crippen LogP contribution in [0.2, 0.25) is 5.02 Å². The summed E-state index contributed by atoms with van der Waals surface area (Å²) >= 11 is 5.76. The van der Waals surface area contributed by atoms with Gasteiger partial charge in [0.05, 0.1) is 11.5 Å². The van der Waals surface area contributed by atoms with E-state index in [1.54, 1.807) is 36.4 Å². The number of halogens is 1. The fraction of sp³-hybridized carbons (Fsp3) is 0.278. The molecule has 0 bridgehead atoms. The van der Waals surface area contributed by atoms with Crippen LogP contribution in [0.25, 0.3) is 0 Å². The van der Waals surface area contributed by atoms with Gasteiger partial charge in [0.1, 0.15) is 11.5 Å². The molecule has 0 aromatic heterocycles. The van der Waals surface area contributed by atoms with Crippen molar-refractivity contribution >= 4 is 27.5 Å². The first-order valence-corrected chi connectivity index (χ1v) is 10.1. The predicted molar refractivity (Wildman–Crippen MR) is 103 cm³/mol. The van der Waals surface area contributed by atoms with Crippen molar-refractivity contribution in [3.8, 4) is 11.5 Å². The molecule has 0 unspecified atom stereocenters. The third-order valence-electron chi connectivity index (χ3n) is 3.37. The summed E-state index contributed by atoms with van der Waals surface area (Å²) in [6.07, 6.45) is 0.